The molecule has 7 heteroatoms. The van der Waals surface area contributed by atoms with E-state index in [2.05, 4.69) is 69.9 Å². The number of hydrogen-bond acceptors (Lipinski definition) is 4. The molecule has 0 radical (unpaired) electrons. The van der Waals surface area contributed by atoms with Crippen LogP contribution < -0.4 is 10.6 Å². The molecule has 6 nitrogen and oxygen atoms in total. The Balaban J connectivity index is 0.00000300. The lowest BCUT2D eigenvalue weighted by atomic mass is 9.99. The van der Waals surface area contributed by atoms with Crippen LogP contribution in [0.3, 0.4) is 0 Å². The molecular weight excluding hydrogens is 477 g/mol. The van der Waals surface area contributed by atoms with E-state index in [1.165, 1.54) is 11.1 Å². The zero-order valence-electron chi connectivity index (χ0n) is 17.8. The van der Waals surface area contributed by atoms with Crippen LogP contribution in [-0.4, -0.2) is 42.7 Å². The number of aliphatic imine (C=N–C) groups is 1. The van der Waals surface area contributed by atoms with Gasteiger partial charge in [0.1, 0.15) is 0 Å². The fourth-order valence-corrected chi connectivity index (χ4v) is 3.78. The van der Waals surface area contributed by atoms with E-state index in [0.29, 0.717) is 12.5 Å². The van der Waals surface area contributed by atoms with E-state index >= 15 is 0 Å². The Morgan fingerprint density at radius 1 is 1.21 bits per heavy atom. The van der Waals surface area contributed by atoms with Crippen molar-refractivity contribution in [3.63, 3.8) is 0 Å². The van der Waals surface area contributed by atoms with Gasteiger partial charge in [0.05, 0.1) is 12.2 Å². The molecule has 0 unspecified atom stereocenters. The molecule has 3 rings (SSSR count). The molecule has 160 valence electrons. The fraction of sp³-hybridized carbons (Fsp3) is 0.545. The number of benzene rings is 1. The van der Waals surface area contributed by atoms with Crippen LogP contribution in [0.1, 0.15) is 55.2 Å². The van der Waals surface area contributed by atoms with E-state index in [1.54, 1.807) is 7.05 Å². The van der Waals surface area contributed by atoms with Crippen molar-refractivity contribution in [1.29, 1.82) is 0 Å². The Bertz CT molecular complexity index is 772. The van der Waals surface area contributed by atoms with Gasteiger partial charge in [-0.05, 0) is 30.4 Å². The number of hydrogen-bond donors (Lipinski definition) is 2. The van der Waals surface area contributed by atoms with Crippen LogP contribution in [0.5, 0.6) is 0 Å². The summed E-state index contributed by atoms with van der Waals surface area (Å²) >= 11 is 0. The van der Waals surface area contributed by atoms with E-state index in [0.717, 1.165) is 62.9 Å². The lowest BCUT2D eigenvalue weighted by molar-refractivity contribution is 0.258. The summed E-state index contributed by atoms with van der Waals surface area (Å²) in [6.45, 7) is 8.96. The Labute approximate surface area is 191 Å². The topological polar surface area (TPSA) is 65.7 Å². The Kier molecular flexibility index (Phi) is 9.93. The van der Waals surface area contributed by atoms with Crippen molar-refractivity contribution in [2.45, 2.75) is 52.1 Å². The minimum Gasteiger partial charge on any atom is -0.359 e. The summed E-state index contributed by atoms with van der Waals surface area (Å²) in [6.07, 6.45) is 3.30. The number of nitrogens with zero attached hydrogens (tertiary/aromatic N) is 3. The van der Waals surface area contributed by atoms with E-state index in [4.69, 9.17) is 4.52 Å². The van der Waals surface area contributed by atoms with Crippen molar-refractivity contribution >= 4 is 29.9 Å². The van der Waals surface area contributed by atoms with Gasteiger partial charge in [0, 0.05) is 45.2 Å². The lowest BCUT2D eigenvalue weighted by Gasteiger charge is -2.28. The quantitative estimate of drug-likeness (QED) is 0.320. The minimum absolute atomic E-state index is 0. The van der Waals surface area contributed by atoms with Gasteiger partial charge in [0.2, 0.25) is 0 Å². The predicted octanol–water partition coefficient (Wildman–Crippen LogP) is 3.92. The van der Waals surface area contributed by atoms with Crippen LogP contribution in [0.2, 0.25) is 0 Å². The number of nitrogens with one attached hydrogen (secondary N) is 2. The first kappa shape index (κ1) is 23.7. The molecular formula is C22H34IN5O. The van der Waals surface area contributed by atoms with Gasteiger partial charge in [-0.15, -0.1) is 24.0 Å². The van der Waals surface area contributed by atoms with Gasteiger partial charge in [-0.25, -0.2) is 0 Å². The Morgan fingerprint density at radius 2 is 1.97 bits per heavy atom. The largest absolute Gasteiger partial charge is 0.359 e. The molecule has 0 saturated heterocycles. The summed E-state index contributed by atoms with van der Waals surface area (Å²) in [4.78, 5) is 6.80. The van der Waals surface area contributed by atoms with E-state index in [-0.39, 0.29) is 24.0 Å². The maximum atomic E-state index is 5.47. The number of halogens is 1. The van der Waals surface area contributed by atoms with Crippen molar-refractivity contribution in [2.75, 3.05) is 26.7 Å². The molecule has 2 aromatic rings. The third-order valence-electron chi connectivity index (χ3n) is 5.56. The van der Waals surface area contributed by atoms with Gasteiger partial charge in [0.25, 0.3) is 0 Å². The van der Waals surface area contributed by atoms with Crippen molar-refractivity contribution in [2.24, 2.45) is 4.99 Å². The first-order valence-electron chi connectivity index (χ1n) is 10.4. The highest BCUT2D eigenvalue weighted by molar-refractivity contribution is 14.0. The minimum atomic E-state index is 0. The first-order valence-corrected chi connectivity index (χ1v) is 10.4. The molecule has 2 N–H and O–H groups in total. The third-order valence-corrected chi connectivity index (χ3v) is 5.56. The van der Waals surface area contributed by atoms with Gasteiger partial charge >= 0.3 is 0 Å². The molecule has 0 aliphatic carbocycles. The molecule has 0 fully saturated rings. The second-order valence-corrected chi connectivity index (χ2v) is 7.38. The summed E-state index contributed by atoms with van der Waals surface area (Å²) in [7, 11) is 1.79. The highest BCUT2D eigenvalue weighted by Crippen LogP contribution is 2.22. The molecule has 0 spiro atoms. The second-order valence-electron chi connectivity index (χ2n) is 7.38. The van der Waals surface area contributed by atoms with Crippen molar-refractivity contribution < 1.29 is 4.52 Å². The number of fused-ring (bicyclic) bond motifs is 1. The molecule has 1 aliphatic heterocycles. The van der Waals surface area contributed by atoms with Crippen LogP contribution in [-0.2, 0) is 19.5 Å². The Morgan fingerprint density at radius 3 is 2.69 bits per heavy atom. The molecule has 1 aliphatic rings. The number of rotatable bonds is 8. The molecule has 0 bridgehead atoms. The molecule has 29 heavy (non-hydrogen) atoms. The normalized spacial score (nSPS) is 14.4. The van der Waals surface area contributed by atoms with Crippen LogP contribution in [0, 0.1) is 0 Å². The number of guanidine groups is 1. The average Bonchev–Trinajstić information content (AvgIpc) is 3.20. The molecule has 1 aromatic carbocycles. The number of aromatic nitrogens is 1. The SMILES string of the molecule is CCC(CC)c1cc(CNC(=NC)NCCN2CCc3ccccc3C2)on1.I. The maximum absolute atomic E-state index is 5.47. The van der Waals surface area contributed by atoms with Crippen LogP contribution in [0.15, 0.2) is 39.8 Å². The predicted molar refractivity (Wildman–Crippen MR) is 129 cm³/mol. The fourth-order valence-electron chi connectivity index (χ4n) is 3.78. The summed E-state index contributed by atoms with van der Waals surface area (Å²) < 4.78 is 5.47. The van der Waals surface area contributed by atoms with Gasteiger partial charge < -0.3 is 15.2 Å². The van der Waals surface area contributed by atoms with E-state index in [1.807, 2.05) is 0 Å². The van der Waals surface area contributed by atoms with Crippen molar-refractivity contribution in [1.82, 2.24) is 20.7 Å². The van der Waals surface area contributed by atoms with Crippen LogP contribution in [0.4, 0.5) is 0 Å². The van der Waals surface area contributed by atoms with Crippen LogP contribution in [0.25, 0.3) is 0 Å². The molecule has 0 atom stereocenters. The van der Waals surface area contributed by atoms with E-state index in [9.17, 15) is 0 Å². The van der Waals surface area contributed by atoms with E-state index < -0.39 is 0 Å². The lowest BCUT2D eigenvalue weighted by Crippen LogP contribution is -2.42. The smallest absolute Gasteiger partial charge is 0.191 e. The summed E-state index contributed by atoms with van der Waals surface area (Å²) in [5, 5.41) is 10.9. The highest BCUT2D eigenvalue weighted by atomic mass is 127. The summed E-state index contributed by atoms with van der Waals surface area (Å²) in [5.41, 5.74) is 3.99. The van der Waals surface area contributed by atoms with Gasteiger partial charge in [-0.2, -0.15) is 0 Å². The molecule has 2 heterocycles. The zero-order chi connectivity index (χ0) is 19.8. The van der Waals surface area contributed by atoms with Crippen LogP contribution >= 0.6 is 24.0 Å². The standard InChI is InChI=1S/C22H33N5O.HI/c1-4-17(5-2)21-14-20(28-26-21)15-25-22(23-3)24-11-13-27-12-10-18-8-6-7-9-19(18)16-27;/h6-9,14,17H,4-5,10-13,15-16H2,1-3H3,(H2,23,24,25);1H. The molecule has 0 amide bonds. The maximum Gasteiger partial charge on any atom is 0.191 e. The second kappa shape index (κ2) is 12.2. The summed E-state index contributed by atoms with van der Waals surface area (Å²) in [6, 6.07) is 10.8. The third kappa shape index (κ3) is 6.70. The van der Waals surface area contributed by atoms with Gasteiger partial charge in [0.15, 0.2) is 11.7 Å². The average molecular weight is 511 g/mol. The zero-order valence-corrected chi connectivity index (χ0v) is 20.1. The molecule has 0 saturated carbocycles. The van der Waals surface area contributed by atoms with Gasteiger partial charge in [-0.1, -0.05) is 43.3 Å². The first-order chi connectivity index (χ1) is 13.7. The summed E-state index contributed by atoms with van der Waals surface area (Å²) in [5.74, 6) is 2.11. The van der Waals surface area contributed by atoms with Gasteiger partial charge in [-0.3, -0.25) is 9.89 Å². The molecule has 1 aromatic heterocycles. The monoisotopic (exact) mass is 511 g/mol. The van der Waals surface area contributed by atoms with Crippen molar-refractivity contribution in [3.8, 4) is 0 Å². The van der Waals surface area contributed by atoms with Crippen molar-refractivity contribution in [3.05, 3.63) is 52.9 Å². The highest BCUT2D eigenvalue weighted by Gasteiger charge is 2.15. The Hall–Kier alpha value is -1.61.